The van der Waals surface area contributed by atoms with Crippen LogP contribution in [-0.2, 0) is 0 Å². The van der Waals surface area contributed by atoms with Gasteiger partial charge in [-0.15, -0.1) is 0 Å². The standard InChI is InChI=1S/C10H24N2/c1-9(2)12-7-6-11-8-10(3,4)5/h9,11-12H,6-8H2,1-5H3. The molecule has 0 saturated carbocycles. The first kappa shape index (κ1) is 11.9. The van der Waals surface area contributed by atoms with Crippen LogP contribution >= 0.6 is 0 Å². The topological polar surface area (TPSA) is 24.1 Å². The molecular formula is C10H24N2. The van der Waals surface area contributed by atoms with Gasteiger partial charge in [-0.2, -0.15) is 0 Å². The monoisotopic (exact) mass is 172 g/mol. The minimum absolute atomic E-state index is 0.401. The zero-order valence-electron chi connectivity index (χ0n) is 9.20. The Kier molecular flexibility index (Phi) is 5.51. The average Bonchev–Trinajstić information content (AvgIpc) is 1.83. The van der Waals surface area contributed by atoms with Crippen LogP contribution in [0, 0.1) is 5.41 Å². The maximum Gasteiger partial charge on any atom is 0.00790 e. The fourth-order valence-corrected chi connectivity index (χ4v) is 0.913. The van der Waals surface area contributed by atoms with E-state index in [1.54, 1.807) is 0 Å². The Morgan fingerprint density at radius 1 is 1.08 bits per heavy atom. The first-order valence-corrected chi connectivity index (χ1v) is 4.86. The Bertz CT molecular complexity index is 103. The van der Waals surface area contributed by atoms with E-state index in [1.165, 1.54) is 0 Å². The van der Waals surface area contributed by atoms with Crippen molar-refractivity contribution in [1.82, 2.24) is 10.6 Å². The second kappa shape index (κ2) is 5.55. The van der Waals surface area contributed by atoms with E-state index in [4.69, 9.17) is 0 Å². The lowest BCUT2D eigenvalue weighted by molar-refractivity contribution is 0.378. The molecule has 0 aliphatic carbocycles. The molecule has 0 atom stereocenters. The van der Waals surface area contributed by atoms with Gasteiger partial charge in [-0.05, 0) is 5.41 Å². The zero-order valence-corrected chi connectivity index (χ0v) is 9.20. The summed E-state index contributed by atoms with van der Waals surface area (Å²) in [6, 6.07) is 0.599. The highest BCUT2D eigenvalue weighted by Crippen LogP contribution is 2.09. The fraction of sp³-hybridized carbons (Fsp3) is 1.00. The summed E-state index contributed by atoms with van der Waals surface area (Å²) in [4.78, 5) is 0. The van der Waals surface area contributed by atoms with Crippen LogP contribution in [0.3, 0.4) is 0 Å². The van der Waals surface area contributed by atoms with Crippen molar-refractivity contribution in [1.29, 1.82) is 0 Å². The second-order valence-electron chi connectivity index (χ2n) is 4.85. The Balaban J connectivity index is 3.12. The van der Waals surface area contributed by atoms with Crippen molar-refractivity contribution < 1.29 is 0 Å². The molecule has 2 heteroatoms. The number of rotatable bonds is 5. The smallest absolute Gasteiger partial charge is 0.00790 e. The molecule has 0 bridgehead atoms. The summed E-state index contributed by atoms with van der Waals surface area (Å²) in [6.07, 6.45) is 0. The average molecular weight is 172 g/mol. The third kappa shape index (κ3) is 9.92. The summed E-state index contributed by atoms with van der Waals surface area (Å²) in [5.41, 5.74) is 0.401. The fourth-order valence-electron chi connectivity index (χ4n) is 0.913. The highest BCUT2D eigenvalue weighted by atomic mass is 15.0. The van der Waals surface area contributed by atoms with Gasteiger partial charge in [-0.3, -0.25) is 0 Å². The van der Waals surface area contributed by atoms with Crippen LogP contribution in [0.1, 0.15) is 34.6 Å². The van der Waals surface area contributed by atoms with Crippen molar-refractivity contribution in [3.05, 3.63) is 0 Å². The van der Waals surface area contributed by atoms with Gasteiger partial charge < -0.3 is 10.6 Å². The van der Waals surface area contributed by atoms with Crippen LogP contribution in [0.25, 0.3) is 0 Å². The number of hydrogen-bond acceptors (Lipinski definition) is 2. The zero-order chi connectivity index (χ0) is 9.61. The summed E-state index contributed by atoms with van der Waals surface area (Å²) < 4.78 is 0. The number of hydrogen-bond donors (Lipinski definition) is 2. The molecule has 0 aliphatic rings. The van der Waals surface area contributed by atoms with Crippen LogP contribution in [0.2, 0.25) is 0 Å². The molecule has 0 aromatic carbocycles. The molecular weight excluding hydrogens is 148 g/mol. The van der Waals surface area contributed by atoms with Gasteiger partial charge in [0.15, 0.2) is 0 Å². The van der Waals surface area contributed by atoms with Crippen molar-refractivity contribution in [2.75, 3.05) is 19.6 Å². The molecule has 0 rings (SSSR count). The molecule has 2 N–H and O–H groups in total. The van der Waals surface area contributed by atoms with Crippen LogP contribution in [-0.4, -0.2) is 25.7 Å². The Hall–Kier alpha value is -0.0800. The molecule has 2 nitrogen and oxygen atoms in total. The lowest BCUT2D eigenvalue weighted by Gasteiger charge is -2.19. The molecule has 0 spiro atoms. The van der Waals surface area contributed by atoms with E-state index < -0.39 is 0 Å². The largest absolute Gasteiger partial charge is 0.315 e. The van der Waals surface area contributed by atoms with Crippen molar-refractivity contribution >= 4 is 0 Å². The van der Waals surface area contributed by atoms with Gasteiger partial charge in [0.05, 0.1) is 0 Å². The van der Waals surface area contributed by atoms with Gasteiger partial charge >= 0.3 is 0 Å². The highest BCUT2D eigenvalue weighted by molar-refractivity contribution is 4.65. The van der Waals surface area contributed by atoms with E-state index in [-0.39, 0.29) is 0 Å². The molecule has 0 fully saturated rings. The molecule has 74 valence electrons. The summed E-state index contributed by atoms with van der Waals surface area (Å²) >= 11 is 0. The quantitative estimate of drug-likeness (QED) is 0.616. The summed E-state index contributed by atoms with van der Waals surface area (Å²) in [7, 11) is 0. The Morgan fingerprint density at radius 2 is 1.67 bits per heavy atom. The van der Waals surface area contributed by atoms with Gasteiger partial charge in [-0.1, -0.05) is 34.6 Å². The molecule has 0 saturated heterocycles. The normalized spacial score (nSPS) is 12.5. The van der Waals surface area contributed by atoms with Crippen LogP contribution in [0.5, 0.6) is 0 Å². The van der Waals surface area contributed by atoms with E-state index in [0.717, 1.165) is 19.6 Å². The molecule has 0 radical (unpaired) electrons. The summed E-state index contributed by atoms with van der Waals surface area (Å²) in [5.74, 6) is 0. The molecule has 0 aliphatic heterocycles. The van der Waals surface area contributed by atoms with Gasteiger partial charge in [0, 0.05) is 25.7 Å². The van der Waals surface area contributed by atoms with E-state index in [1.807, 2.05) is 0 Å². The third-order valence-corrected chi connectivity index (χ3v) is 1.51. The Morgan fingerprint density at radius 3 is 2.08 bits per heavy atom. The van der Waals surface area contributed by atoms with Crippen LogP contribution in [0.4, 0.5) is 0 Å². The van der Waals surface area contributed by atoms with Gasteiger partial charge in [-0.25, -0.2) is 0 Å². The third-order valence-electron chi connectivity index (χ3n) is 1.51. The SMILES string of the molecule is CC(C)NCCNCC(C)(C)C. The maximum absolute atomic E-state index is 3.42. The van der Waals surface area contributed by atoms with E-state index in [0.29, 0.717) is 11.5 Å². The van der Waals surface area contributed by atoms with Crippen LogP contribution < -0.4 is 10.6 Å². The van der Waals surface area contributed by atoms with Crippen molar-refractivity contribution in [3.8, 4) is 0 Å². The first-order valence-electron chi connectivity index (χ1n) is 4.86. The van der Waals surface area contributed by atoms with E-state index in [2.05, 4.69) is 45.3 Å². The van der Waals surface area contributed by atoms with Gasteiger partial charge in [0.1, 0.15) is 0 Å². The van der Waals surface area contributed by atoms with Crippen molar-refractivity contribution in [2.24, 2.45) is 5.41 Å². The molecule has 12 heavy (non-hydrogen) atoms. The van der Waals surface area contributed by atoms with Gasteiger partial charge in [0.2, 0.25) is 0 Å². The first-order chi connectivity index (χ1) is 5.42. The van der Waals surface area contributed by atoms with Crippen molar-refractivity contribution in [3.63, 3.8) is 0 Å². The summed E-state index contributed by atoms with van der Waals surface area (Å²) in [5, 5.41) is 6.79. The molecule has 0 unspecified atom stereocenters. The molecule has 0 heterocycles. The minimum atomic E-state index is 0.401. The second-order valence-corrected chi connectivity index (χ2v) is 4.85. The predicted molar refractivity (Wildman–Crippen MR) is 55.5 cm³/mol. The minimum Gasteiger partial charge on any atom is -0.315 e. The lowest BCUT2D eigenvalue weighted by Crippen LogP contribution is -2.35. The van der Waals surface area contributed by atoms with Gasteiger partial charge in [0.25, 0.3) is 0 Å². The van der Waals surface area contributed by atoms with E-state index >= 15 is 0 Å². The Labute approximate surface area is 77.1 Å². The molecule has 0 amide bonds. The van der Waals surface area contributed by atoms with Crippen molar-refractivity contribution in [2.45, 2.75) is 40.7 Å². The summed E-state index contributed by atoms with van der Waals surface area (Å²) in [6.45, 7) is 14.3. The van der Waals surface area contributed by atoms with Crippen LogP contribution in [0.15, 0.2) is 0 Å². The molecule has 0 aromatic rings. The number of nitrogens with one attached hydrogen (secondary N) is 2. The highest BCUT2D eigenvalue weighted by Gasteiger charge is 2.07. The maximum atomic E-state index is 3.42. The van der Waals surface area contributed by atoms with E-state index in [9.17, 15) is 0 Å². The lowest BCUT2D eigenvalue weighted by atomic mass is 9.97. The molecule has 0 aromatic heterocycles. The predicted octanol–water partition coefficient (Wildman–Crippen LogP) is 1.62.